The smallest absolute Gasteiger partial charge is 0.108 e. The minimum Gasteiger partial charge on any atom is -0.330 e. The molecule has 3 aromatic carbocycles. The fourth-order valence-corrected chi connectivity index (χ4v) is 3.76. The highest BCUT2D eigenvalue weighted by Crippen LogP contribution is 2.26. The topological polar surface area (TPSA) is 56.7 Å². The second kappa shape index (κ2) is 8.43. The number of hydrogen-bond acceptors (Lipinski definition) is 3. The molecule has 0 aliphatic carbocycles. The van der Waals surface area contributed by atoms with Crippen LogP contribution in [0.3, 0.4) is 0 Å². The maximum Gasteiger partial charge on any atom is 0.108 e. The van der Waals surface area contributed by atoms with E-state index in [-0.39, 0.29) is 0 Å². The molecule has 0 aliphatic heterocycles. The normalized spacial score (nSPS) is 10.9. The van der Waals surface area contributed by atoms with Crippen LogP contribution in [0, 0.1) is 11.8 Å². The van der Waals surface area contributed by atoms with E-state index in [2.05, 4.69) is 56.7 Å². The summed E-state index contributed by atoms with van der Waals surface area (Å²) in [4.78, 5) is 9.18. The Kier molecular flexibility index (Phi) is 5.18. The highest BCUT2D eigenvalue weighted by atomic mass is 15.1. The molecule has 2 aromatic heterocycles. The zero-order valence-corrected chi connectivity index (χ0v) is 17.1. The molecule has 0 unspecified atom stereocenters. The number of aryl methyl sites for hydroxylation is 1. The molecule has 4 heteroatoms. The highest BCUT2D eigenvalue weighted by molar-refractivity contribution is 6.03. The van der Waals surface area contributed by atoms with Crippen molar-refractivity contribution in [2.24, 2.45) is 5.73 Å². The SMILES string of the molecule is NCCCc1ccc(-n2cnc3cnc4ccc(C#Cc5ccccc5)cc4c32)cc1. The van der Waals surface area contributed by atoms with Crippen molar-refractivity contribution in [3.63, 3.8) is 0 Å². The lowest BCUT2D eigenvalue weighted by molar-refractivity contribution is 0.832. The van der Waals surface area contributed by atoms with Crippen LogP contribution >= 0.6 is 0 Å². The molecule has 0 amide bonds. The summed E-state index contributed by atoms with van der Waals surface area (Å²) in [7, 11) is 0. The predicted octanol–water partition coefficient (Wildman–Crippen LogP) is 4.86. The lowest BCUT2D eigenvalue weighted by Gasteiger charge is -2.08. The maximum absolute atomic E-state index is 5.64. The zero-order chi connectivity index (χ0) is 21.0. The van der Waals surface area contributed by atoms with E-state index >= 15 is 0 Å². The average molecular weight is 403 g/mol. The first-order valence-corrected chi connectivity index (χ1v) is 10.4. The van der Waals surface area contributed by atoms with Crippen LogP contribution in [0.4, 0.5) is 0 Å². The molecule has 0 fully saturated rings. The Hall–Kier alpha value is -3.94. The molecule has 0 saturated heterocycles. The molecule has 4 nitrogen and oxygen atoms in total. The quantitative estimate of drug-likeness (QED) is 0.437. The van der Waals surface area contributed by atoms with Crippen LogP contribution in [0.25, 0.3) is 27.6 Å². The van der Waals surface area contributed by atoms with Gasteiger partial charge in [-0.1, -0.05) is 42.2 Å². The van der Waals surface area contributed by atoms with Gasteiger partial charge in [0.1, 0.15) is 11.8 Å². The van der Waals surface area contributed by atoms with E-state index in [1.165, 1.54) is 5.56 Å². The van der Waals surface area contributed by atoms with Gasteiger partial charge in [0.15, 0.2) is 0 Å². The molecular formula is C27H22N4. The monoisotopic (exact) mass is 402 g/mol. The van der Waals surface area contributed by atoms with E-state index in [0.717, 1.165) is 51.6 Å². The van der Waals surface area contributed by atoms with Gasteiger partial charge in [-0.25, -0.2) is 4.98 Å². The van der Waals surface area contributed by atoms with Crippen molar-refractivity contribution >= 4 is 21.9 Å². The summed E-state index contributed by atoms with van der Waals surface area (Å²) in [6.45, 7) is 0.711. The van der Waals surface area contributed by atoms with Gasteiger partial charge < -0.3 is 5.73 Å². The van der Waals surface area contributed by atoms with E-state index in [9.17, 15) is 0 Å². The van der Waals surface area contributed by atoms with Gasteiger partial charge in [-0.3, -0.25) is 9.55 Å². The van der Waals surface area contributed by atoms with E-state index in [0.29, 0.717) is 6.54 Å². The third-order valence-electron chi connectivity index (χ3n) is 5.38. The maximum atomic E-state index is 5.64. The van der Waals surface area contributed by atoms with Crippen molar-refractivity contribution in [2.45, 2.75) is 12.8 Å². The standard InChI is InChI=1S/C27H22N4/c28-16-4-7-21-10-13-23(14-11-21)31-19-30-26-18-29-25-15-12-22(17-24(25)27(26)31)9-8-20-5-2-1-3-6-20/h1-3,5-6,10-15,17-19H,4,7,16,28H2. The molecule has 0 atom stereocenters. The number of pyridine rings is 1. The molecule has 2 heterocycles. The van der Waals surface area contributed by atoms with Crippen molar-refractivity contribution in [1.29, 1.82) is 0 Å². The molecule has 31 heavy (non-hydrogen) atoms. The number of rotatable bonds is 4. The Morgan fingerprint density at radius 2 is 1.61 bits per heavy atom. The van der Waals surface area contributed by atoms with Crippen LogP contribution in [-0.2, 0) is 6.42 Å². The lowest BCUT2D eigenvalue weighted by atomic mass is 10.1. The molecule has 0 saturated carbocycles. The van der Waals surface area contributed by atoms with Gasteiger partial charge in [0.25, 0.3) is 0 Å². The third kappa shape index (κ3) is 3.92. The van der Waals surface area contributed by atoms with Crippen LogP contribution in [-0.4, -0.2) is 21.1 Å². The fraction of sp³-hybridized carbons (Fsp3) is 0.111. The number of nitrogens with two attached hydrogens (primary N) is 1. The Morgan fingerprint density at radius 1 is 0.806 bits per heavy atom. The summed E-state index contributed by atoms with van der Waals surface area (Å²) in [6.07, 6.45) is 5.69. The van der Waals surface area contributed by atoms with Gasteiger partial charge in [0, 0.05) is 22.2 Å². The fourth-order valence-electron chi connectivity index (χ4n) is 3.76. The van der Waals surface area contributed by atoms with Crippen LogP contribution in [0.1, 0.15) is 23.1 Å². The van der Waals surface area contributed by atoms with Crippen LogP contribution in [0.2, 0.25) is 0 Å². The lowest BCUT2D eigenvalue weighted by Crippen LogP contribution is -2.00. The summed E-state index contributed by atoms with van der Waals surface area (Å²) in [6, 6.07) is 24.8. The van der Waals surface area contributed by atoms with Crippen molar-refractivity contribution < 1.29 is 0 Å². The minimum atomic E-state index is 0.711. The van der Waals surface area contributed by atoms with Crippen LogP contribution in [0.5, 0.6) is 0 Å². The molecule has 5 rings (SSSR count). The Labute approximate surface area is 181 Å². The second-order valence-electron chi connectivity index (χ2n) is 7.51. The van der Waals surface area contributed by atoms with Crippen LogP contribution in [0.15, 0.2) is 85.3 Å². The Morgan fingerprint density at radius 3 is 2.42 bits per heavy atom. The van der Waals surface area contributed by atoms with Gasteiger partial charge in [0.2, 0.25) is 0 Å². The van der Waals surface area contributed by atoms with Gasteiger partial charge in [0.05, 0.1) is 17.2 Å². The van der Waals surface area contributed by atoms with Gasteiger partial charge in [-0.15, -0.1) is 0 Å². The summed E-state index contributed by atoms with van der Waals surface area (Å²) < 4.78 is 2.13. The number of nitrogens with zero attached hydrogens (tertiary/aromatic N) is 3. The third-order valence-corrected chi connectivity index (χ3v) is 5.38. The van der Waals surface area contributed by atoms with Crippen molar-refractivity contribution in [1.82, 2.24) is 14.5 Å². The Bertz CT molecular complexity index is 1400. The number of aromatic nitrogens is 3. The summed E-state index contributed by atoms with van der Waals surface area (Å²) >= 11 is 0. The first-order valence-electron chi connectivity index (χ1n) is 10.4. The molecule has 0 radical (unpaired) electrons. The Balaban J connectivity index is 1.59. The highest BCUT2D eigenvalue weighted by Gasteiger charge is 2.10. The second-order valence-corrected chi connectivity index (χ2v) is 7.51. The summed E-state index contributed by atoms with van der Waals surface area (Å²) in [5.41, 5.74) is 12.8. The molecule has 0 aliphatic rings. The largest absolute Gasteiger partial charge is 0.330 e. The van der Waals surface area contributed by atoms with Crippen molar-refractivity contribution in [3.8, 4) is 17.5 Å². The number of benzene rings is 3. The number of fused-ring (bicyclic) bond motifs is 3. The molecule has 150 valence electrons. The predicted molar refractivity (Wildman–Crippen MR) is 126 cm³/mol. The summed E-state index contributed by atoms with van der Waals surface area (Å²) in [5, 5.41) is 1.04. The first kappa shape index (κ1) is 19.0. The first-order chi connectivity index (χ1) is 15.3. The molecular weight excluding hydrogens is 380 g/mol. The van der Waals surface area contributed by atoms with Gasteiger partial charge in [-0.2, -0.15) is 0 Å². The van der Waals surface area contributed by atoms with E-state index in [4.69, 9.17) is 5.73 Å². The van der Waals surface area contributed by atoms with Crippen molar-refractivity contribution in [2.75, 3.05) is 6.54 Å². The van der Waals surface area contributed by atoms with E-state index in [1.807, 2.05) is 55.0 Å². The molecule has 0 spiro atoms. The average Bonchev–Trinajstić information content (AvgIpc) is 3.27. The molecule has 0 bridgehead atoms. The van der Waals surface area contributed by atoms with Crippen molar-refractivity contribution in [3.05, 3.63) is 102 Å². The number of hydrogen-bond donors (Lipinski definition) is 1. The van der Waals surface area contributed by atoms with E-state index in [1.54, 1.807) is 0 Å². The molecule has 5 aromatic rings. The van der Waals surface area contributed by atoms with E-state index < -0.39 is 0 Å². The summed E-state index contributed by atoms with van der Waals surface area (Å²) in [5.74, 6) is 6.51. The van der Waals surface area contributed by atoms with Crippen LogP contribution < -0.4 is 5.73 Å². The minimum absolute atomic E-state index is 0.711. The molecule has 2 N–H and O–H groups in total. The zero-order valence-electron chi connectivity index (χ0n) is 17.1. The number of imidazole rings is 1. The van der Waals surface area contributed by atoms with Gasteiger partial charge >= 0.3 is 0 Å². The van der Waals surface area contributed by atoms with Gasteiger partial charge in [-0.05, 0) is 67.4 Å².